The van der Waals surface area contributed by atoms with E-state index < -0.39 is 21.2 Å². The van der Waals surface area contributed by atoms with Crippen LogP contribution in [-0.2, 0) is 15.6 Å². The van der Waals surface area contributed by atoms with Gasteiger partial charge < -0.3 is 5.73 Å². The summed E-state index contributed by atoms with van der Waals surface area (Å²) in [5, 5.41) is 8.85. The summed E-state index contributed by atoms with van der Waals surface area (Å²) in [5.74, 6) is -1.17. The molecule has 0 saturated carbocycles. The number of rotatable bonds is 4. The molecule has 0 bridgehead atoms. The van der Waals surface area contributed by atoms with E-state index in [2.05, 4.69) is 0 Å². The monoisotopic (exact) mass is 270 g/mol. The lowest BCUT2D eigenvalue weighted by Gasteiger charge is -2.18. The van der Waals surface area contributed by atoms with Gasteiger partial charge in [-0.15, -0.1) is 0 Å². The first-order valence-electron chi connectivity index (χ1n) is 5.31. The Morgan fingerprint density at radius 1 is 1.44 bits per heavy atom. The van der Waals surface area contributed by atoms with Gasteiger partial charge in [0, 0.05) is 5.54 Å². The van der Waals surface area contributed by atoms with Gasteiger partial charge in [-0.2, -0.15) is 5.26 Å². The molecule has 18 heavy (non-hydrogen) atoms. The highest BCUT2D eigenvalue weighted by atomic mass is 32.2. The van der Waals surface area contributed by atoms with E-state index >= 15 is 0 Å². The lowest BCUT2D eigenvalue weighted by atomic mass is 10.1. The molecule has 1 aromatic carbocycles. The van der Waals surface area contributed by atoms with Crippen LogP contribution in [0.5, 0.6) is 0 Å². The van der Waals surface area contributed by atoms with E-state index in [0.29, 0.717) is 0 Å². The normalized spacial score (nSPS) is 12.2. The highest BCUT2D eigenvalue weighted by Gasteiger charge is 2.23. The Bertz CT molecular complexity index is 583. The lowest BCUT2D eigenvalue weighted by molar-refractivity contribution is 0.543. The predicted octanol–water partition coefficient (Wildman–Crippen LogP) is 1.35. The standard InChI is InChI=1S/C12H15FN2O2S/c1-12(2,15)8-18(16,17)7-10-5-11(13)4-3-9(10)6-14/h3-5H,7-8,15H2,1-2H3. The Balaban J connectivity index is 3.05. The summed E-state index contributed by atoms with van der Waals surface area (Å²) in [5.41, 5.74) is 5.13. The van der Waals surface area contributed by atoms with Crippen molar-refractivity contribution < 1.29 is 12.8 Å². The quantitative estimate of drug-likeness (QED) is 0.895. The number of halogens is 1. The van der Waals surface area contributed by atoms with Gasteiger partial charge in [-0.05, 0) is 37.6 Å². The minimum atomic E-state index is -3.48. The van der Waals surface area contributed by atoms with Crippen molar-refractivity contribution in [2.24, 2.45) is 5.73 Å². The highest BCUT2D eigenvalue weighted by molar-refractivity contribution is 7.90. The molecule has 0 aliphatic carbocycles. The molecule has 0 heterocycles. The van der Waals surface area contributed by atoms with Gasteiger partial charge in [0.1, 0.15) is 5.82 Å². The zero-order chi connectivity index (χ0) is 14.0. The van der Waals surface area contributed by atoms with Crippen molar-refractivity contribution in [3.8, 4) is 6.07 Å². The Morgan fingerprint density at radius 3 is 2.56 bits per heavy atom. The van der Waals surface area contributed by atoms with Crippen LogP contribution in [0.1, 0.15) is 25.0 Å². The van der Waals surface area contributed by atoms with Crippen molar-refractivity contribution in [3.05, 3.63) is 35.1 Å². The first kappa shape index (κ1) is 14.6. The summed E-state index contributed by atoms with van der Waals surface area (Å²) in [4.78, 5) is 0. The fourth-order valence-corrected chi connectivity index (χ4v) is 3.59. The van der Waals surface area contributed by atoms with Crippen molar-refractivity contribution in [2.75, 3.05) is 5.75 Å². The second kappa shape index (κ2) is 5.04. The molecule has 0 saturated heterocycles. The maximum atomic E-state index is 13.1. The van der Waals surface area contributed by atoms with Crippen LogP contribution in [-0.4, -0.2) is 19.7 Å². The Morgan fingerprint density at radius 2 is 2.06 bits per heavy atom. The first-order valence-corrected chi connectivity index (χ1v) is 7.13. The van der Waals surface area contributed by atoms with E-state index in [4.69, 9.17) is 11.0 Å². The van der Waals surface area contributed by atoms with Gasteiger partial charge in [-0.3, -0.25) is 0 Å². The van der Waals surface area contributed by atoms with Crippen molar-refractivity contribution >= 4 is 9.84 Å². The van der Waals surface area contributed by atoms with Crippen LogP contribution < -0.4 is 5.73 Å². The molecule has 0 aliphatic rings. The van der Waals surface area contributed by atoms with Gasteiger partial charge in [0.2, 0.25) is 0 Å². The second-order valence-corrected chi connectivity index (χ2v) is 7.00. The molecular formula is C12H15FN2O2S. The molecule has 0 amide bonds. The van der Waals surface area contributed by atoms with Gasteiger partial charge >= 0.3 is 0 Å². The summed E-state index contributed by atoms with van der Waals surface area (Å²) in [6.07, 6.45) is 0. The third-order valence-corrected chi connectivity index (χ3v) is 4.09. The molecule has 0 unspecified atom stereocenters. The lowest BCUT2D eigenvalue weighted by Crippen LogP contribution is -2.40. The molecule has 98 valence electrons. The Kier molecular flexibility index (Phi) is 4.09. The van der Waals surface area contributed by atoms with Gasteiger partial charge in [-0.1, -0.05) is 0 Å². The van der Waals surface area contributed by atoms with Crippen molar-refractivity contribution in [1.29, 1.82) is 5.26 Å². The topological polar surface area (TPSA) is 84.0 Å². The molecule has 0 atom stereocenters. The fourth-order valence-electron chi connectivity index (χ4n) is 1.65. The van der Waals surface area contributed by atoms with Crippen LogP contribution in [0, 0.1) is 17.1 Å². The van der Waals surface area contributed by atoms with Crippen molar-refractivity contribution in [3.63, 3.8) is 0 Å². The van der Waals surface area contributed by atoms with Crippen LogP contribution in [0.2, 0.25) is 0 Å². The highest BCUT2D eigenvalue weighted by Crippen LogP contribution is 2.16. The van der Waals surface area contributed by atoms with Gasteiger partial charge in [0.05, 0.1) is 23.1 Å². The molecule has 4 nitrogen and oxygen atoms in total. The number of sulfone groups is 1. The van der Waals surface area contributed by atoms with Gasteiger partial charge in [0.15, 0.2) is 9.84 Å². The molecule has 0 aromatic heterocycles. The van der Waals surface area contributed by atoms with E-state index in [0.717, 1.165) is 12.1 Å². The minimum Gasteiger partial charge on any atom is -0.325 e. The molecule has 0 aliphatic heterocycles. The predicted molar refractivity (Wildman–Crippen MR) is 66.9 cm³/mol. The molecule has 0 radical (unpaired) electrons. The zero-order valence-electron chi connectivity index (χ0n) is 10.3. The summed E-state index contributed by atoms with van der Waals surface area (Å²) in [7, 11) is -3.48. The van der Waals surface area contributed by atoms with Crippen LogP contribution in [0.15, 0.2) is 18.2 Å². The van der Waals surface area contributed by atoms with E-state index in [1.54, 1.807) is 13.8 Å². The van der Waals surface area contributed by atoms with Crippen LogP contribution in [0.3, 0.4) is 0 Å². The number of nitrogens with two attached hydrogens (primary N) is 1. The molecular weight excluding hydrogens is 255 g/mol. The summed E-state index contributed by atoms with van der Waals surface area (Å²) in [6.45, 7) is 3.20. The summed E-state index contributed by atoms with van der Waals surface area (Å²) in [6, 6.07) is 5.31. The molecule has 1 aromatic rings. The van der Waals surface area contributed by atoms with E-state index in [9.17, 15) is 12.8 Å². The average molecular weight is 270 g/mol. The van der Waals surface area contributed by atoms with Crippen LogP contribution in [0.25, 0.3) is 0 Å². The molecule has 0 fully saturated rings. The number of benzene rings is 1. The number of hydrogen-bond donors (Lipinski definition) is 1. The van der Waals surface area contributed by atoms with E-state index in [-0.39, 0.29) is 22.6 Å². The summed E-state index contributed by atoms with van der Waals surface area (Å²) >= 11 is 0. The molecule has 1 rings (SSSR count). The van der Waals surface area contributed by atoms with Crippen molar-refractivity contribution in [1.82, 2.24) is 0 Å². The smallest absolute Gasteiger partial charge is 0.156 e. The van der Waals surface area contributed by atoms with E-state index in [1.165, 1.54) is 6.07 Å². The van der Waals surface area contributed by atoms with Crippen LogP contribution >= 0.6 is 0 Å². The molecule has 2 N–H and O–H groups in total. The Labute approximate surface area is 106 Å². The van der Waals surface area contributed by atoms with Crippen molar-refractivity contribution in [2.45, 2.75) is 25.1 Å². The third kappa shape index (κ3) is 4.43. The SMILES string of the molecule is CC(C)(N)CS(=O)(=O)Cc1cc(F)ccc1C#N. The summed E-state index contributed by atoms with van der Waals surface area (Å²) < 4.78 is 36.8. The maximum Gasteiger partial charge on any atom is 0.156 e. The number of hydrogen-bond acceptors (Lipinski definition) is 4. The second-order valence-electron chi connectivity index (χ2n) is 4.93. The largest absolute Gasteiger partial charge is 0.325 e. The number of nitrogens with zero attached hydrogens (tertiary/aromatic N) is 1. The first-order chi connectivity index (χ1) is 8.13. The number of nitriles is 1. The van der Waals surface area contributed by atoms with Gasteiger partial charge in [0.25, 0.3) is 0 Å². The average Bonchev–Trinajstić information content (AvgIpc) is 2.13. The third-order valence-electron chi connectivity index (χ3n) is 2.16. The molecule has 0 spiro atoms. The Hall–Kier alpha value is -1.45. The zero-order valence-corrected chi connectivity index (χ0v) is 11.1. The molecule has 6 heteroatoms. The van der Waals surface area contributed by atoms with Gasteiger partial charge in [-0.25, -0.2) is 12.8 Å². The minimum absolute atomic E-state index is 0.162. The van der Waals surface area contributed by atoms with Crippen LogP contribution in [0.4, 0.5) is 4.39 Å². The fraction of sp³-hybridized carbons (Fsp3) is 0.417. The van der Waals surface area contributed by atoms with E-state index in [1.807, 2.05) is 6.07 Å². The maximum absolute atomic E-state index is 13.1.